The Labute approximate surface area is 135 Å². The van der Waals surface area contributed by atoms with Crippen molar-refractivity contribution >= 4 is 29.9 Å². The van der Waals surface area contributed by atoms with Crippen molar-refractivity contribution in [1.82, 2.24) is 10.6 Å². The van der Waals surface area contributed by atoms with Crippen LogP contribution in [0.3, 0.4) is 0 Å². The SMILES string of the molecule is CCN[C@H](C)CNC(=O)C1CC(=O)Nc2cc(F)ccc21.Cl. The number of fused-ring (bicyclic) bond motifs is 1. The predicted molar refractivity (Wildman–Crippen MR) is 85.8 cm³/mol. The number of hydrogen-bond acceptors (Lipinski definition) is 3. The van der Waals surface area contributed by atoms with Gasteiger partial charge in [-0.25, -0.2) is 4.39 Å². The van der Waals surface area contributed by atoms with E-state index in [-0.39, 0.29) is 36.7 Å². The lowest BCUT2D eigenvalue weighted by Gasteiger charge is -2.25. The van der Waals surface area contributed by atoms with E-state index in [4.69, 9.17) is 0 Å². The highest BCUT2D eigenvalue weighted by Crippen LogP contribution is 2.32. The molecule has 3 N–H and O–H groups in total. The van der Waals surface area contributed by atoms with E-state index in [0.717, 1.165) is 6.54 Å². The van der Waals surface area contributed by atoms with Crippen molar-refractivity contribution in [2.24, 2.45) is 0 Å². The lowest BCUT2D eigenvalue weighted by Crippen LogP contribution is -2.42. The van der Waals surface area contributed by atoms with Gasteiger partial charge in [0.05, 0.1) is 5.92 Å². The Hall–Kier alpha value is -1.66. The minimum absolute atomic E-state index is 0. The predicted octanol–water partition coefficient (Wildman–Crippen LogP) is 1.79. The molecule has 2 rings (SSSR count). The van der Waals surface area contributed by atoms with Gasteiger partial charge in [-0.3, -0.25) is 9.59 Å². The normalized spacial score (nSPS) is 17.8. The van der Waals surface area contributed by atoms with E-state index in [1.807, 2.05) is 13.8 Å². The summed E-state index contributed by atoms with van der Waals surface area (Å²) in [5.74, 6) is -1.48. The monoisotopic (exact) mass is 329 g/mol. The summed E-state index contributed by atoms with van der Waals surface area (Å²) < 4.78 is 13.2. The second kappa shape index (κ2) is 8.10. The van der Waals surface area contributed by atoms with Crippen molar-refractivity contribution in [3.05, 3.63) is 29.6 Å². The van der Waals surface area contributed by atoms with E-state index >= 15 is 0 Å². The topological polar surface area (TPSA) is 70.2 Å². The molecule has 0 spiro atoms. The highest BCUT2D eigenvalue weighted by Gasteiger charge is 2.30. The zero-order chi connectivity index (χ0) is 15.4. The number of carbonyl (C=O) groups is 2. The van der Waals surface area contributed by atoms with Gasteiger partial charge in [0.15, 0.2) is 0 Å². The van der Waals surface area contributed by atoms with Crippen LogP contribution in [0.2, 0.25) is 0 Å². The molecule has 0 saturated carbocycles. The summed E-state index contributed by atoms with van der Waals surface area (Å²) in [4.78, 5) is 24.0. The van der Waals surface area contributed by atoms with Crippen LogP contribution in [0.15, 0.2) is 18.2 Å². The Bertz CT molecular complexity index is 554. The molecule has 2 atom stereocenters. The summed E-state index contributed by atoms with van der Waals surface area (Å²) in [6.45, 7) is 5.28. The number of carbonyl (C=O) groups excluding carboxylic acids is 2. The Morgan fingerprint density at radius 1 is 1.50 bits per heavy atom. The summed E-state index contributed by atoms with van der Waals surface area (Å²) in [7, 11) is 0. The van der Waals surface area contributed by atoms with Gasteiger partial charge in [0.2, 0.25) is 11.8 Å². The maximum absolute atomic E-state index is 13.2. The number of benzene rings is 1. The van der Waals surface area contributed by atoms with Crippen LogP contribution in [0.4, 0.5) is 10.1 Å². The number of amides is 2. The van der Waals surface area contributed by atoms with Gasteiger partial charge in [-0.1, -0.05) is 13.0 Å². The zero-order valence-corrected chi connectivity index (χ0v) is 13.4. The second-order valence-electron chi connectivity index (χ2n) is 5.24. The molecule has 0 aliphatic carbocycles. The lowest BCUT2D eigenvalue weighted by atomic mass is 9.89. The summed E-state index contributed by atoms with van der Waals surface area (Å²) in [5.41, 5.74) is 1.04. The molecule has 1 aliphatic heterocycles. The molecule has 22 heavy (non-hydrogen) atoms. The number of anilines is 1. The van der Waals surface area contributed by atoms with Crippen LogP contribution in [0.1, 0.15) is 31.7 Å². The molecule has 5 nitrogen and oxygen atoms in total. The van der Waals surface area contributed by atoms with Gasteiger partial charge in [-0.05, 0) is 31.2 Å². The van der Waals surface area contributed by atoms with Crippen molar-refractivity contribution < 1.29 is 14.0 Å². The first-order valence-electron chi connectivity index (χ1n) is 7.11. The van der Waals surface area contributed by atoms with Crippen LogP contribution in [-0.2, 0) is 9.59 Å². The van der Waals surface area contributed by atoms with Crippen LogP contribution in [0, 0.1) is 5.82 Å². The van der Waals surface area contributed by atoms with E-state index in [9.17, 15) is 14.0 Å². The Kier molecular flexibility index (Phi) is 6.77. The quantitative estimate of drug-likeness (QED) is 0.771. The Morgan fingerprint density at radius 3 is 2.91 bits per heavy atom. The number of halogens is 2. The summed E-state index contributed by atoms with van der Waals surface area (Å²) in [6, 6.07) is 4.26. The first kappa shape index (κ1) is 18.4. The fraction of sp³-hybridized carbons (Fsp3) is 0.467. The van der Waals surface area contributed by atoms with Gasteiger partial charge >= 0.3 is 0 Å². The first-order valence-corrected chi connectivity index (χ1v) is 7.11. The standard InChI is InChI=1S/C15H20FN3O2.ClH/c1-3-17-9(2)8-18-15(21)12-7-14(20)19-13-6-10(16)4-5-11(12)13;/h4-6,9,12,17H,3,7-8H2,1-2H3,(H,18,21)(H,19,20);1H/t9-,12?;/m1./s1. The minimum atomic E-state index is -0.567. The number of likely N-dealkylation sites (N-methyl/N-ethyl adjacent to an activating group) is 1. The van der Waals surface area contributed by atoms with E-state index in [0.29, 0.717) is 17.8 Å². The molecule has 1 heterocycles. The van der Waals surface area contributed by atoms with Gasteiger partial charge in [0.25, 0.3) is 0 Å². The second-order valence-corrected chi connectivity index (χ2v) is 5.24. The van der Waals surface area contributed by atoms with Gasteiger partial charge in [0, 0.05) is 24.7 Å². The first-order chi connectivity index (χ1) is 10.0. The van der Waals surface area contributed by atoms with Gasteiger partial charge in [-0.2, -0.15) is 0 Å². The average molecular weight is 330 g/mol. The maximum Gasteiger partial charge on any atom is 0.228 e. The molecular weight excluding hydrogens is 309 g/mol. The molecule has 0 radical (unpaired) electrons. The highest BCUT2D eigenvalue weighted by atomic mass is 35.5. The van der Waals surface area contributed by atoms with E-state index in [1.54, 1.807) is 6.07 Å². The summed E-state index contributed by atoms with van der Waals surface area (Å²) in [6.07, 6.45) is 0.0834. The largest absolute Gasteiger partial charge is 0.354 e. The van der Waals surface area contributed by atoms with Crippen molar-refractivity contribution in [2.75, 3.05) is 18.4 Å². The molecule has 1 aromatic carbocycles. The van der Waals surface area contributed by atoms with Crippen molar-refractivity contribution in [3.63, 3.8) is 0 Å². The Balaban J connectivity index is 0.00000242. The van der Waals surface area contributed by atoms with E-state index in [1.165, 1.54) is 12.1 Å². The Morgan fingerprint density at radius 2 is 2.23 bits per heavy atom. The van der Waals surface area contributed by atoms with Crippen LogP contribution in [0.5, 0.6) is 0 Å². The van der Waals surface area contributed by atoms with Crippen molar-refractivity contribution in [3.8, 4) is 0 Å². The molecule has 1 aromatic rings. The van der Waals surface area contributed by atoms with E-state index < -0.39 is 11.7 Å². The fourth-order valence-corrected chi connectivity index (χ4v) is 2.47. The smallest absolute Gasteiger partial charge is 0.228 e. The van der Waals surface area contributed by atoms with Gasteiger partial charge < -0.3 is 16.0 Å². The molecule has 122 valence electrons. The van der Waals surface area contributed by atoms with Crippen LogP contribution < -0.4 is 16.0 Å². The van der Waals surface area contributed by atoms with Gasteiger partial charge in [0.1, 0.15) is 5.82 Å². The molecule has 0 fully saturated rings. The molecule has 1 aliphatic rings. The summed E-state index contributed by atoms with van der Waals surface area (Å²) >= 11 is 0. The van der Waals surface area contributed by atoms with Crippen LogP contribution in [0.25, 0.3) is 0 Å². The molecule has 1 unspecified atom stereocenters. The van der Waals surface area contributed by atoms with Crippen LogP contribution >= 0.6 is 12.4 Å². The van der Waals surface area contributed by atoms with Gasteiger partial charge in [-0.15, -0.1) is 12.4 Å². The van der Waals surface area contributed by atoms with E-state index in [2.05, 4.69) is 16.0 Å². The van der Waals surface area contributed by atoms with Crippen molar-refractivity contribution in [1.29, 1.82) is 0 Å². The third-order valence-electron chi connectivity index (χ3n) is 3.51. The molecular formula is C15H21ClFN3O2. The molecule has 0 aromatic heterocycles. The van der Waals surface area contributed by atoms with Crippen LogP contribution in [-0.4, -0.2) is 30.9 Å². The zero-order valence-electron chi connectivity index (χ0n) is 12.6. The lowest BCUT2D eigenvalue weighted by molar-refractivity contribution is -0.126. The summed E-state index contributed by atoms with van der Waals surface area (Å²) in [5, 5.41) is 8.63. The number of rotatable bonds is 5. The number of nitrogens with one attached hydrogen (secondary N) is 3. The molecule has 0 bridgehead atoms. The third-order valence-corrected chi connectivity index (χ3v) is 3.51. The highest BCUT2D eigenvalue weighted by molar-refractivity contribution is 6.01. The third kappa shape index (κ3) is 4.42. The maximum atomic E-state index is 13.2. The average Bonchev–Trinajstić information content (AvgIpc) is 2.43. The molecule has 0 saturated heterocycles. The minimum Gasteiger partial charge on any atom is -0.354 e. The molecule has 2 amide bonds. The van der Waals surface area contributed by atoms with Crippen molar-refractivity contribution in [2.45, 2.75) is 32.2 Å². The fourth-order valence-electron chi connectivity index (χ4n) is 2.47. The number of hydrogen-bond donors (Lipinski definition) is 3. The molecule has 7 heteroatoms.